The van der Waals surface area contributed by atoms with Gasteiger partial charge in [-0.25, -0.2) is 5.43 Å². The number of nitrogens with one attached hydrogen (secondary N) is 1. The second kappa shape index (κ2) is 9.71. The molecule has 0 bridgehead atoms. The average Bonchev–Trinajstić information content (AvgIpc) is 2.97. The summed E-state index contributed by atoms with van der Waals surface area (Å²) >= 11 is 0. The minimum absolute atomic E-state index is 0.105. The maximum atomic E-state index is 13.0. The highest BCUT2D eigenvalue weighted by atomic mass is 16.5. The number of unbranched alkanes of at least 4 members (excludes halogenated alkanes) is 2. The Kier molecular flexibility index (Phi) is 7.06. The molecule has 1 aliphatic carbocycles. The van der Waals surface area contributed by atoms with E-state index in [4.69, 9.17) is 4.74 Å². The van der Waals surface area contributed by atoms with Crippen molar-refractivity contribution in [2.75, 3.05) is 18.6 Å². The molecule has 1 N–H and O–H groups in total. The normalized spacial score (nSPS) is 18.4. The maximum absolute atomic E-state index is 13.0. The van der Waals surface area contributed by atoms with E-state index >= 15 is 0 Å². The Morgan fingerprint density at radius 1 is 1.25 bits per heavy atom. The van der Waals surface area contributed by atoms with Crippen LogP contribution in [0.25, 0.3) is 0 Å². The second-order valence-corrected chi connectivity index (χ2v) is 7.75. The first-order chi connectivity index (χ1) is 13.6. The Hall–Kier alpha value is -2.37. The summed E-state index contributed by atoms with van der Waals surface area (Å²) < 4.78 is 5.32. The minimum atomic E-state index is -0.155. The molecule has 1 aromatic rings. The average molecular weight is 386 g/mol. The molecular weight excluding hydrogens is 354 g/mol. The van der Waals surface area contributed by atoms with Crippen LogP contribution in [-0.2, 0) is 9.59 Å². The van der Waals surface area contributed by atoms with E-state index in [9.17, 15) is 9.59 Å². The van der Waals surface area contributed by atoms with Crippen LogP contribution in [0.1, 0.15) is 70.3 Å². The van der Waals surface area contributed by atoms with Gasteiger partial charge in [-0.15, -0.1) is 0 Å². The summed E-state index contributed by atoms with van der Waals surface area (Å²) in [6.45, 7) is 2.78. The van der Waals surface area contributed by atoms with Crippen LogP contribution in [0, 0.1) is 5.92 Å². The van der Waals surface area contributed by atoms with Crippen molar-refractivity contribution in [1.82, 2.24) is 5.43 Å². The molecule has 0 radical (unpaired) electrons. The lowest BCUT2D eigenvalue weighted by atomic mass is 9.87. The highest BCUT2D eigenvalue weighted by Crippen LogP contribution is 2.33. The molecule has 3 rings (SSSR count). The lowest BCUT2D eigenvalue weighted by molar-refractivity contribution is -0.122. The van der Waals surface area contributed by atoms with E-state index in [1.165, 1.54) is 19.3 Å². The number of carbonyl (C=O) groups excluding carboxylic acids is 2. The molecule has 0 spiro atoms. The Morgan fingerprint density at radius 2 is 2.04 bits per heavy atom. The SMILES string of the molecule is CCCCCN1C(=O)/C(=N\NC(=O)CC2CCCCC2)c2ccc(OC)cc21. The standard InChI is InChI=1S/C22H31N3O3/c1-3-4-8-13-25-19-15-17(28-2)11-12-18(19)21(22(25)27)24-23-20(26)14-16-9-6-5-7-10-16/h11-12,15-16H,3-10,13-14H2,1-2H3,(H,23,26)/b24-21-. The Bertz CT molecular complexity index is 739. The highest BCUT2D eigenvalue weighted by molar-refractivity contribution is 6.54. The zero-order valence-corrected chi connectivity index (χ0v) is 17.0. The Morgan fingerprint density at radius 3 is 2.75 bits per heavy atom. The first kappa shape index (κ1) is 20.4. The summed E-state index contributed by atoms with van der Waals surface area (Å²) in [6, 6.07) is 5.53. The summed E-state index contributed by atoms with van der Waals surface area (Å²) in [4.78, 5) is 27.0. The van der Waals surface area contributed by atoms with E-state index in [1.807, 2.05) is 18.2 Å². The van der Waals surface area contributed by atoms with Gasteiger partial charge in [0.1, 0.15) is 5.75 Å². The van der Waals surface area contributed by atoms with E-state index in [-0.39, 0.29) is 11.8 Å². The van der Waals surface area contributed by atoms with E-state index in [1.54, 1.807) is 12.0 Å². The highest BCUT2D eigenvalue weighted by Gasteiger charge is 2.34. The van der Waals surface area contributed by atoms with Crippen molar-refractivity contribution in [2.24, 2.45) is 11.0 Å². The maximum Gasteiger partial charge on any atom is 0.279 e. The van der Waals surface area contributed by atoms with Crippen LogP contribution in [0.5, 0.6) is 5.75 Å². The molecule has 2 aliphatic rings. The molecule has 1 fully saturated rings. The largest absolute Gasteiger partial charge is 0.497 e. The van der Waals surface area contributed by atoms with Gasteiger partial charge in [-0.1, -0.05) is 39.0 Å². The zero-order valence-electron chi connectivity index (χ0n) is 17.0. The quantitative estimate of drug-likeness (QED) is 0.543. The van der Waals surface area contributed by atoms with Crippen molar-refractivity contribution in [2.45, 2.75) is 64.7 Å². The van der Waals surface area contributed by atoms with Crippen LogP contribution < -0.4 is 15.1 Å². The van der Waals surface area contributed by atoms with Gasteiger partial charge in [0.15, 0.2) is 5.71 Å². The van der Waals surface area contributed by atoms with E-state index in [2.05, 4.69) is 17.5 Å². The number of nitrogens with zero attached hydrogens (tertiary/aromatic N) is 2. The van der Waals surface area contributed by atoms with Gasteiger partial charge < -0.3 is 9.64 Å². The first-order valence-corrected chi connectivity index (χ1v) is 10.5. The van der Waals surface area contributed by atoms with Gasteiger partial charge in [0, 0.05) is 24.6 Å². The van der Waals surface area contributed by atoms with Crippen LogP contribution in [0.2, 0.25) is 0 Å². The lowest BCUT2D eigenvalue weighted by Gasteiger charge is -2.20. The van der Waals surface area contributed by atoms with Crippen LogP contribution >= 0.6 is 0 Å². The summed E-state index contributed by atoms with van der Waals surface area (Å²) in [6.07, 6.45) is 9.45. The van der Waals surface area contributed by atoms with Gasteiger partial charge in [-0.05, 0) is 37.3 Å². The molecule has 152 valence electrons. The third-order valence-electron chi connectivity index (χ3n) is 5.68. The molecule has 1 heterocycles. The number of fused-ring (bicyclic) bond motifs is 1. The topological polar surface area (TPSA) is 71.0 Å². The van der Waals surface area contributed by atoms with Gasteiger partial charge in [0.25, 0.3) is 5.91 Å². The number of carbonyl (C=O) groups is 2. The number of methoxy groups -OCH3 is 1. The number of hydrogen-bond acceptors (Lipinski definition) is 4. The fourth-order valence-electron chi connectivity index (χ4n) is 4.08. The molecule has 28 heavy (non-hydrogen) atoms. The molecule has 2 amide bonds. The number of rotatable bonds is 8. The summed E-state index contributed by atoms with van der Waals surface area (Å²) in [7, 11) is 1.61. The number of ether oxygens (including phenoxy) is 1. The van der Waals surface area contributed by atoms with Gasteiger partial charge in [-0.2, -0.15) is 5.10 Å². The molecule has 0 unspecified atom stereocenters. The van der Waals surface area contributed by atoms with Crippen molar-refractivity contribution in [3.8, 4) is 5.75 Å². The second-order valence-electron chi connectivity index (χ2n) is 7.75. The van der Waals surface area contributed by atoms with Crippen LogP contribution in [0.15, 0.2) is 23.3 Å². The van der Waals surface area contributed by atoms with Crippen molar-refractivity contribution >= 4 is 23.2 Å². The first-order valence-electron chi connectivity index (χ1n) is 10.5. The zero-order chi connectivity index (χ0) is 19.9. The summed E-state index contributed by atoms with van der Waals surface area (Å²) in [5, 5.41) is 4.23. The lowest BCUT2D eigenvalue weighted by Crippen LogP contribution is -2.32. The number of benzene rings is 1. The monoisotopic (exact) mass is 385 g/mol. The Labute approximate surface area is 167 Å². The molecule has 0 aromatic heterocycles. The van der Waals surface area contributed by atoms with Crippen molar-refractivity contribution in [3.63, 3.8) is 0 Å². The predicted molar refractivity (Wildman–Crippen MR) is 111 cm³/mol. The van der Waals surface area contributed by atoms with E-state index in [0.29, 0.717) is 30.3 Å². The molecule has 1 aliphatic heterocycles. The van der Waals surface area contributed by atoms with Gasteiger partial charge in [0.2, 0.25) is 5.91 Å². The van der Waals surface area contributed by atoms with Crippen molar-refractivity contribution < 1.29 is 14.3 Å². The van der Waals surface area contributed by atoms with Crippen LogP contribution in [0.4, 0.5) is 5.69 Å². The van der Waals surface area contributed by atoms with Gasteiger partial charge in [0.05, 0.1) is 12.8 Å². The third-order valence-corrected chi connectivity index (χ3v) is 5.68. The van der Waals surface area contributed by atoms with E-state index < -0.39 is 0 Å². The number of amides is 2. The molecule has 6 heteroatoms. The molecule has 1 saturated carbocycles. The smallest absolute Gasteiger partial charge is 0.279 e. The predicted octanol–water partition coefficient (Wildman–Crippen LogP) is 4.02. The fourth-order valence-corrected chi connectivity index (χ4v) is 4.08. The van der Waals surface area contributed by atoms with Gasteiger partial charge in [-0.3, -0.25) is 9.59 Å². The Balaban J connectivity index is 1.73. The molecule has 0 saturated heterocycles. The third kappa shape index (κ3) is 4.72. The molecule has 0 atom stereocenters. The number of anilines is 1. The minimum Gasteiger partial charge on any atom is -0.497 e. The van der Waals surface area contributed by atoms with Gasteiger partial charge >= 0.3 is 0 Å². The number of hydrazone groups is 1. The number of hydrogen-bond donors (Lipinski definition) is 1. The van der Waals surface area contributed by atoms with E-state index in [0.717, 1.165) is 43.4 Å². The van der Waals surface area contributed by atoms with Crippen molar-refractivity contribution in [1.29, 1.82) is 0 Å². The summed E-state index contributed by atoms with van der Waals surface area (Å²) in [5.74, 6) is 0.883. The summed E-state index contributed by atoms with van der Waals surface area (Å²) in [5.41, 5.74) is 4.50. The molecule has 6 nitrogen and oxygen atoms in total. The van der Waals surface area contributed by atoms with Crippen molar-refractivity contribution in [3.05, 3.63) is 23.8 Å². The molecule has 1 aromatic carbocycles. The van der Waals surface area contributed by atoms with Crippen LogP contribution in [-0.4, -0.2) is 31.2 Å². The molecular formula is C22H31N3O3. The fraction of sp³-hybridized carbons (Fsp3) is 0.591. The van der Waals surface area contributed by atoms with Crippen LogP contribution in [0.3, 0.4) is 0 Å².